The van der Waals surface area contributed by atoms with Gasteiger partial charge in [0.25, 0.3) is 5.91 Å². The molecular formula is C14H21N3O2. The van der Waals surface area contributed by atoms with E-state index < -0.39 is 0 Å². The molecule has 1 saturated carbocycles. The first-order valence-corrected chi connectivity index (χ1v) is 6.92. The summed E-state index contributed by atoms with van der Waals surface area (Å²) >= 11 is 0. The molecule has 0 radical (unpaired) electrons. The molecule has 2 rings (SSSR count). The van der Waals surface area contributed by atoms with E-state index in [0.717, 1.165) is 19.3 Å². The number of hydrogen-bond donors (Lipinski definition) is 2. The molecule has 0 saturated heterocycles. The third kappa shape index (κ3) is 3.44. The van der Waals surface area contributed by atoms with Crippen molar-refractivity contribution in [2.45, 2.75) is 38.1 Å². The van der Waals surface area contributed by atoms with E-state index in [2.05, 4.69) is 4.98 Å². The highest BCUT2D eigenvalue weighted by Gasteiger charge is 2.26. The van der Waals surface area contributed by atoms with Crippen molar-refractivity contribution in [2.75, 3.05) is 13.1 Å². The monoisotopic (exact) mass is 263 g/mol. The summed E-state index contributed by atoms with van der Waals surface area (Å²) in [6.07, 6.45) is 6.81. The Morgan fingerprint density at radius 1 is 1.37 bits per heavy atom. The van der Waals surface area contributed by atoms with E-state index in [1.807, 2.05) is 4.90 Å². The minimum atomic E-state index is -0.189. The molecule has 1 amide bonds. The van der Waals surface area contributed by atoms with Crippen molar-refractivity contribution < 1.29 is 4.79 Å². The van der Waals surface area contributed by atoms with Crippen molar-refractivity contribution in [3.8, 4) is 0 Å². The molecule has 1 aromatic heterocycles. The Bertz CT molecular complexity index is 457. The predicted octanol–water partition coefficient (Wildman–Crippen LogP) is 1.11. The number of amides is 1. The molecule has 1 aliphatic rings. The average Bonchev–Trinajstić information content (AvgIpc) is 2.94. The molecule has 0 spiro atoms. The Labute approximate surface area is 112 Å². The topological polar surface area (TPSA) is 79.2 Å². The van der Waals surface area contributed by atoms with Crippen LogP contribution in [0.15, 0.2) is 23.1 Å². The van der Waals surface area contributed by atoms with Crippen LogP contribution >= 0.6 is 0 Å². The third-order valence-corrected chi connectivity index (χ3v) is 3.66. The highest BCUT2D eigenvalue weighted by Crippen LogP contribution is 2.24. The lowest BCUT2D eigenvalue weighted by molar-refractivity contribution is 0.0680. The predicted molar refractivity (Wildman–Crippen MR) is 74.0 cm³/mol. The maximum absolute atomic E-state index is 12.5. The Morgan fingerprint density at radius 2 is 2.11 bits per heavy atom. The highest BCUT2D eigenvalue weighted by atomic mass is 16.2. The number of rotatable bonds is 5. The quantitative estimate of drug-likeness (QED) is 0.835. The minimum Gasteiger partial charge on any atom is -0.336 e. The van der Waals surface area contributed by atoms with E-state index in [0.29, 0.717) is 24.7 Å². The number of carbonyl (C=O) groups is 1. The molecule has 19 heavy (non-hydrogen) atoms. The van der Waals surface area contributed by atoms with Gasteiger partial charge in [0, 0.05) is 24.8 Å². The summed E-state index contributed by atoms with van der Waals surface area (Å²) in [5, 5.41) is 0. The second-order valence-corrected chi connectivity index (χ2v) is 5.02. The van der Waals surface area contributed by atoms with Crippen LogP contribution in [0.4, 0.5) is 0 Å². The number of nitrogens with zero attached hydrogens (tertiary/aromatic N) is 1. The van der Waals surface area contributed by atoms with Crippen LogP contribution in [0.1, 0.15) is 42.5 Å². The lowest BCUT2D eigenvalue weighted by Crippen LogP contribution is -2.40. The normalized spacial score (nSPS) is 15.6. The van der Waals surface area contributed by atoms with Crippen LogP contribution in [0.25, 0.3) is 0 Å². The van der Waals surface area contributed by atoms with Gasteiger partial charge in [0.05, 0.1) is 5.56 Å². The molecular weight excluding hydrogens is 242 g/mol. The fourth-order valence-electron chi connectivity index (χ4n) is 2.64. The van der Waals surface area contributed by atoms with Crippen LogP contribution in [-0.2, 0) is 0 Å². The molecule has 104 valence electrons. The summed E-state index contributed by atoms with van der Waals surface area (Å²) in [5.41, 5.74) is 5.90. The first-order chi connectivity index (χ1) is 9.22. The van der Waals surface area contributed by atoms with E-state index in [9.17, 15) is 9.59 Å². The van der Waals surface area contributed by atoms with Crippen molar-refractivity contribution in [3.05, 3.63) is 34.2 Å². The standard InChI is InChI=1S/C14H21N3O2/c15-8-3-9-17(12-4-1-2-5-12)14(19)11-6-7-13(18)16-10-11/h6-7,10,12H,1-5,8-9,15H2,(H,16,18). The number of hydrogen-bond acceptors (Lipinski definition) is 3. The molecule has 5 heteroatoms. The molecule has 1 heterocycles. The number of aromatic amines is 1. The number of aromatic nitrogens is 1. The maximum Gasteiger partial charge on any atom is 0.255 e. The molecule has 0 unspecified atom stereocenters. The van der Waals surface area contributed by atoms with Crippen LogP contribution in [0.2, 0.25) is 0 Å². The van der Waals surface area contributed by atoms with Gasteiger partial charge in [0.1, 0.15) is 0 Å². The van der Waals surface area contributed by atoms with Gasteiger partial charge >= 0.3 is 0 Å². The van der Waals surface area contributed by atoms with Crippen molar-refractivity contribution in [1.82, 2.24) is 9.88 Å². The number of nitrogens with one attached hydrogen (secondary N) is 1. The zero-order valence-corrected chi connectivity index (χ0v) is 11.1. The molecule has 0 bridgehead atoms. The number of carbonyl (C=O) groups excluding carboxylic acids is 1. The molecule has 0 atom stereocenters. The smallest absolute Gasteiger partial charge is 0.255 e. The van der Waals surface area contributed by atoms with Gasteiger partial charge in [-0.3, -0.25) is 9.59 Å². The van der Waals surface area contributed by atoms with Crippen molar-refractivity contribution in [2.24, 2.45) is 5.73 Å². The molecule has 1 aromatic rings. The number of pyridine rings is 1. The molecule has 3 N–H and O–H groups in total. The summed E-state index contributed by atoms with van der Waals surface area (Å²) in [6, 6.07) is 3.31. The van der Waals surface area contributed by atoms with Gasteiger partial charge in [-0.2, -0.15) is 0 Å². The molecule has 0 aromatic carbocycles. The summed E-state index contributed by atoms with van der Waals surface area (Å²) < 4.78 is 0. The van der Waals surface area contributed by atoms with E-state index >= 15 is 0 Å². The van der Waals surface area contributed by atoms with Gasteiger partial charge in [-0.05, 0) is 31.9 Å². The summed E-state index contributed by atoms with van der Waals surface area (Å²) in [7, 11) is 0. The van der Waals surface area contributed by atoms with Gasteiger partial charge < -0.3 is 15.6 Å². The lowest BCUT2D eigenvalue weighted by Gasteiger charge is -2.29. The van der Waals surface area contributed by atoms with Crippen LogP contribution in [0, 0.1) is 0 Å². The Hall–Kier alpha value is -1.62. The van der Waals surface area contributed by atoms with E-state index in [-0.39, 0.29) is 11.5 Å². The second kappa shape index (κ2) is 6.52. The van der Waals surface area contributed by atoms with Gasteiger partial charge in [-0.15, -0.1) is 0 Å². The van der Waals surface area contributed by atoms with Crippen LogP contribution < -0.4 is 11.3 Å². The molecule has 0 aliphatic heterocycles. The number of H-pyrrole nitrogens is 1. The van der Waals surface area contributed by atoms with Gasteiger partial charge in [0.2, 0.25) is 5.56 Å². The van der Waals surface area contributed by atoms with E-state index in [1.54, 1.807) is 6.07 Å². The minimum absolute atomic E-state index is 0.00315. The number of nitrogens with two attached hydrogens (primary N) is 1. The highest BCUT2D eigenvalue weighted by molar-refractivity contribution is 5.94. The third-order valence-electron chi connectivity index (χ3n) is 3.66. The average molecular weight is 263 g/mol. The Kier molecular flexibility index (Phi) is 4.74. The summed E-state index contributed by atoms with van der Waals surface area (Å²) in [4.78, 5) is 28.0. The fraction of sp³-hybridized carbons (Fsp3) is 0.571. The molecule has 5 nitrogen and oxygen atoms in total. The van der Waals surface area contributed by atoms with Crippen LogP contribution in [0.3, 0.4) is 0 Å². The molecule has 1 fully saturated rings. The molecule has 1 aliphatic carbocycles. The lowest BCUT2D eigenvalue weighted by atomic mass is 10.1. The van der Waals surface area contributed by atoms with Crippen molar-refractivity contribution in [3.63, 3.8) is 0 Å². The first kappa shape index (κ1) is 13.8. The van der Waals surface area contributed by atoms with Crippen molar-refractivity contribution in [1.29, 1.82) is 0 Å². The van der Waals surface area contributed by atoms with E-state index in [1.165, 1.54) is 25.1 Å². The largest absolute Gasteiger partial charge is 0.336 e. The van der Waals surface area contributed by atoms with Gasteiger partial charge in [-0.25, -0.2) is 0 Å². The fourth-order valence-corrected chi connectivity index (χ4v) is 2.64. The summed E-state index contributed by atoms with van der Waals surface area (Å²) in [6.45, 7) is 1.28. The van der Waals surface area contributed by atoms with Gasteiger partial charge in [-0.1, -0.05) is 12.8 Å². The summed E-state index contributed by atoms with van der Waals surface area (Å²) in [5.74, 6) is -0.00315. The maximum atomic E-state index is 12.5. The van der Waals surface area contributed by atoms with Gasteiger partial charge in [0.15, 0.2) is 0 Å². The van der Waals surface area contributed by atoms with E-state index in [4.69, 9.17) is 5.73 Å². The SMILES string of the molecule is NCCCN(C(=O)c1ccc(=O)[nH]c1)C1CCCC1. The zero-order valence-electron chi connectivity index (χ0n) is 11.1. The Balaban J connectivity index is 2.14. The van der Waals surface area contributed by atoms with Crippen molar-refractivity contribution >= 4 is 5.91 Å². The Morgan fingerprint density at radius 3 is 2.68 bits per heavy atom. The van der Waals surface area contributed by atoms with Crippen LogP contribution in [0.5, 0.6) is 0 Å². The van der Waals surface area contributed by atoms with Crippen LogP contribution in [-0.4, -0.2) is 34.9 Å². The first-order valence-electron chi connectivity index (χ1n) is 6.92. The second-order valence-electron chi connectivity index (χ2n) is 5.02. The zero-order chi connectivity index (χ0) is 13.7.